The second kappa shape index (κ2) is 5.04. The van der Waals surface area contributed by atoms with Crippen LogP contribution >= 0.6 is 0 Å². The van der Waals surface area contributed by atoms with Crippen molar-refractivity contribution < 1.29 is 0 Å². The molecule has 3 aromatic rings. The SMILES string of the molecule is CCc1ccc2c(c1)C(C)(C)c1cc3c(cc1-2)C(C)(C)c1cc(N)ccc1-3. The van der Waals surface area contributed by atoms with E-state index in [-0.39, 0.29) is 10.8 Å². The lowest BCUT2D eigenvalue weighted by atomic mass is 9.79. The Hall–Kier alpha value is -2.54. The Morgan fingerprint density at radius 2 is 1.11 bits per heavy atom. The summed E-state index contributed by atoms with van der Waals surface area (Å²) < 4.78 is 0. The highest BCUT2D eigenvalue weighted by Gasteiger charge is 2.41. The Labute approximate surface area is 162 Å². The van der Waals surface area contributed by atoms with Gasteiger partial charge < -0.3 is 5.73 Å². The van der Waals surface area contributed by atoms with Gasteiger partial charge in [0.25, 0.3) is 0 Å². The minimum Gasteiger partial charge on any atom is -0.399 e. The molecular weight excluding hydrogens is 326 g/mol. The number of rotatable bonds is 1. The molecule has 0 saturated carbocycles. The fraction of sp³-hybridized carbons (Fsp3) is 0.308. The van der Waals surface area contributed by atoms with Crippen molar-refractivity contribution in [2.24, 2.45) is 0 Å². The van der Waals surface area contributed by atoms with Gasteiger partial charge in [-0.3, -0.25) is 0 Å². The molecule has 0 atom stereocenters. The second-order valence-corrected chi connectivity index (χ2v) is 9.23. The number of anilines is 1. The zero-order valence-electron chi connectivity index (χ0n) is 16.9. The van der Waals surface area contributed by atoms with E-state index < -0.39 is 0 Å². The van der Waals surface area contributed by atoms with Crippen molar-refractivity contribution in [1.82, 2.24) is 0 Å². The molecule has 0 unspecified atom stereocenters. The second-order valence-electron chi connectivity index (χ2n) is 9.23. The molecule has 2 N–H and O–H groups in total. The molecule has 136 valence electrons. The highest BCUT2D eigenvalue weighted by Crippen LogP contribution is 2.56. The van der Waals surface area contributed by atoms with Crippen molar-refractivity contribution >= 4 is 5.69 Å². The normalized spacial score (nSPS) is 17.2. The summed E-state index contributed by atoms with van der Waals surface area (Å²) in [6, 6.07) is 18.4. The lowest BCUT2D eigenvalue weighted by Crippen LogP contribution is -2.17. The number of nitrogens with two attached hydrogens (primary N) is 1. The first-order chi connectivity index (χ1) is 12.7. The van der Waals surface area contributed by atoms with Gasteiger partial charge in [-0.15, -0.1) is 0 Å². The summed E-state index contributed by atoms with van der Waals surface area (Å²) in [5, 5.41) is 0. The number of hydrogen-bond donors (Lipinski definition) is 1. The van der Waals surface area contributed by atoms with E-state index in [9.17, 15) is 0 Å². The van der Waals surface area contributed by atoms with Gasteiger partial charge in [0.1, 0.15) is 0 Å². The molecule has 2 aliphatic carbocycles. The Morgan fingerprint density at radius 3 is 1.67 bits per heavy atom. The zero-order chi connectivity index (χ0) is 19.1. The quantitative estimate of drug-likeness (QED) is 0.500. The van der Waals surface area contributed by atoms with Crippen LogP contribution in [0.25, 0.3) is 22.3 Å². The van der Waals surface area contributed by atoms with Crippen LogP contribution < -0.4 is 5.73 Å². The summed E-state index contributed by atoms with van der Waals surface area (Å²) in [7, 11) is 0. The Kier molecular flexibility index (Phi) is 3.10. The van der Waals surface area contributed by atoms with Gasteiger partial charge in [0.2, 0.25) is 0 Å². The van der Waals surface area contributed by atoms with E-state index in [0.29, 0.717) is 0 Å². The van der Waals surface area contributed by atoms with Crippen LogP contribution in [0.3, 0.4) is 0 Å². The molecule has 0 bridgehead atoms. The first-order valence-corrected chi connectivity index (χ1v) is 9.98. The molecule has 3 aromatic carbocycles. The van der Waals surface area contributed by atoms with Gasteiger partial charge >= 0.3 is 0 Å². The number of benzene rings is 3. The maximum absolute atomic E-state index is 6.12. The van der Waals surface area contributed by atoms with Crippen LogP contribution in [0.2, 0.25) is 0 Å². The van der Waals surface area contributed by atoms with Crippen LogP contribution in [0.1, 0.15) is 62.4 Å². The third-order valence-corrected chi connectivity index (χ3v) is 6.97. The van der Waals surface area contributed by atoms with Gasteiger partial charge in [-0.05, 0) is 80.8 Å². The number of hydrogen-bond acceptors (Lipinski definition) is 1. The van der Waals surface area contributed by atoms with E-state index in [0.717, 1.165) is 12.1 Å². The van der Waals surface area contributed by atoms with Crippen LogP contribution in [-0.2, 0) is 17.3 Å². The molecule has 27 heavy (non-hydrogen) atoms. The van der Waals surface area contributed by atoms with E-state index in [1.807, 2.05) is 6.07 Å². The lowest BCUT2D eigenvalue weighted by molar-refractivity contribution is 0.651. The number of fused-ring (bicyclic) bond motifs is 6. The van der Waals surface area contributed by atoms with Crippen molar-refractivity contribution in [2.45, 2.75) is 51.9 Å². The molecule has 0 saturated heterocycles. The van der Waals surface area contributed by atoms with Gasteiger partial charge in [-0.25, -0.2) is 0 Å². The van der Waals surface area contributed by atoms with Crippen molar-refractivity contribution in [2.75, 3.05) is 5.73 Å². The van der Waals surface area contributed by atoms with E-state index in [1.54, 1.807) is 0 Å². The maximum Gasteiger partial charge on any atom is 0.0317 e. The van der Waals surface area contributed by atoms with Gasteiger partial charge in [0.05, 0.1) is 0 Å². The standard InChI is InChI=1S/C26H27N/c1-6-15-7-9-17-19-13-24-20(14-23(19)25(2,3)21(17)11-15)18-10-8-16(27)12-22(18)26(24,4)5/h7-14H,6,27H2,1-5H3. The monoisotopic (exact) mass is 353 g/mol. The molecule has 2 aliphatic rings. The lowest BCUT2D eigenvalue weighted by Gasteiger charge is -2.24. The highest BCUT2D eigenvalue weighted by molar-refractivity contribution is 5.90. The Morgan fingerprint density at radius 1 is 0.630 bits per heavy atom. The summed E-state index contributed by atoms with van der Waals surface area (Å²) in [4.78, 5) is 0. The van der Waals surface area contributed by atoms with Crippen LogP contribution in [0.4, 0.5) is 5.69 Å². The first-order valence-electron chi connectivity index (χ1n) is 9.98. The van der Waals surface area contributed by atoms with Crippen molar-refractivity contribution in [1.29, 1.82) is 0 Å². The molecule has 0 fully saturated rings. The fourth-order valence-electron chi connectivity index (χ4n) is 5.25. The highest BCUT2D eigenvalue weighted by atomic mass is 14.6. The number of aryl methyl sites for hydroxylation is 1. The zero-order valence-corrected chi connectivity index (χ0v) is 16.9. The van der Waals surface area contributed by atoms with Crippen LogP contribution in [0.5, 0.6) is 0 Å². The van der Waals surface area contributed by atoms with Crippen LogP contribution in [0, 0.1) is 0 Å². The molecule has 1 heteroatoms. The van der Waals surface area contributed by atoms with E-state index >= 15 is 0 Å². The van der Waals surface area contributed by atoms with Gasteiger partial charge in [0, 0.05) is 16.5 Å². The van der Waals surface area contributed by atoms with E-state index in [4.69, 9.17) is 5.73 Å². The van der Waals surface area contributed by atoms with E-state index in [1.165, 1.54) is 50.1 Å². The fourth-order valence-corrected chi connectivity index (χ4v) is 5.25. The summed E-state index contributed by atoms with van der Waals surface area (Å²) in [5.74, 6) is 0. The van der Waals surface area contributed by atoms with E-state index in [2.05, 4.69) is 77.1 Å². The molecular formula is C26H27N. The van der Waals surface area contributed by atoms with Crippen molar-refractivity contribution in [3.8, 4) is 22.3 Å². The van der Waals surface area contributed by atoms with Crippen LogP contribution in [-0.4, -0.2) is 0 Å². The summed E-state index contributed by atoms with van der Waals surface area (Å²) >= 11 is 0. The largest absolute Gasteiger partial charge is 0.399 e. The van der Waals surface area contributed by atoms with Gasteiger partial charge in [0.15, 0.2) is 0 Å². The van der Waals surface area contributed by atoms with Crippen molar-refractivity contribution in [3.63, 3.8) is 0 Å². The predicted octanol–water partition coefficient (Wildman–Crippen LogP) is 6.44. The first kappa shape index (κ1) is 16.6. The summed E-state index contributed by atoms with van der Waals surface area (Å²) in [5.41, 5.74) is 19.6. The molecule has 1 nitrogen and oxygen atoms in total. The molecule has 0 aliphatic heterocycles. The smallest absolute Gasteiger partial charge is 0.0317 e. The minimum absolute atomic E-state index is 0.0225. The predicted molar refractivity (Wildman–Crippen MR) is 115 cm³/mol. The molecule has 5 rings (SSSR count). The third-order valence-electron chi connectivity index (χ3n) is 6.97. The maximum atomic E-state index is 6.12. The molecule has 0 radical (unpaired) electrons. The third kappa shape index (κ3) is 2.00. The molecule has 0 amide bonds. The van der Waals surface area contributed by atoms with Gasteiger partial charge in [-0.2, -0.15) is 0 Å². The Bertz CT molecular complexity index is 1120. The Balaban J connectivity index is 1.81. The van der Waals surface area contributed by atoms with Crippen molar-refractivity contribution in [3.05, 3.63) is 76.3 Å². The van der Waals surface area contributed by atoms with Gasteiger partial charge in [-0.1, -0.05) is 58.9 Å². The number of nitrogen functional groups attached to an aromatic ring is 1. The summed E-state index contributed by atoms with van der Waals surface area (Å²) in [6.45, 7) is 11.6. The molecule has 0 spiro atoms. The topological polar surface area (TPSA) is 26.0 Å². The minimum atomic E-state index is -0.0225. The molecule has 0 aromatic heterocycles. The van der Waals surface area contributed by atoms with Crippen LogP contribution in [0.15, 0.2) is 48.5 Å². The average molecular weight is 354 g/mol. The molecule has 0 heterocycles. The summed E-state index contributed by atoms with van der Waals surface area (Å²) in [6.07, 6.45) is 1.08. The average Bonchev–Trinajstić information content (AvgIpc) is 3.00.